The van der Waals surface area contributed by atoms with Crippen molar-refractivity contribution < 1.29 is 33.7 Å². The Morgan fingerprint density at radius 1 is 1.26 bits per heavy atom. The molecule has 1 aliphatic carbocycles. The molecule has 14 heteroatoms. The number of pyridine rings is 1. The number of nitrogens with one attached hydrogen (secondary N) is 2. The van der Waals surface area contributed by atoms with Crippen molar-refractivity contribution in [3.8, 4) is 0 Å². The van der Waals surface area contributed by atoms with Gasteiger partial charge in [-0.25, -0.2) is 14.5 Å². The molecule has 2 aromatic rings. The fourth-order valence-corrected chi connectivity index (χ4v) is 6.02. The number of rotatable bonds is 10. The van der Waals surface area contributed by atoms with E-state index in [0.717, 1.165) is 30.6 Å². The van der Waals surface area contributed by atoms with Crippen LogP contribution in [0, 0.1) is 0 Å². The fourth-order valence-electron chi connectivity index (χ4n) is 4.68. The number of carbonyl (C=O) groups is 4. The second-order valence-corrected chi connectivity index (χ2v) is 10.2. The van der Waals surface area contributed by atoms with Gasteiger partial charge in [0.25, 0.3) is 11.8 Å². The van der Waals surface area contributed by atoms with Gasteiger partial charge in [0.15, 0.2) is 24.8 Å². The SMILES string of the molecule is O=CNc1ccnc(C(=NOC2CCCC2)C(=O)NC2C(=O)N3C(C(=O)[O-])=C(C[n+]4ccccc4)CS[C@@H]23)n1. The smallest absolute Gasteiger partial charge is 0.278 e. The number of aliphatic carboxylic acids is 1. The van der Waals surface area contributed by atoms with Crippen LogP contribution in [0.5, 0.6) is 0 Å². The number of oxime groups is 1. The number of anilines is 1. The van der Waals surface area contributed by atoms with Gasteiger partial charge in [-0.05, 0) is 31.7 Å². The van der Waals surface area contributed by atoms with E-state index in [1.807, 2.05) is 22.8 Å². The topological polar surface area (TPSA) is 170 Å². The number of carboxylic acid groups (broad SMARTS) is 1. The van der Waals surface area contributed by atoms with E-state index >= 15 is 0 Å². The first-order valence-corrected chi connectivity index (χ1v) is 13.4. The lowest BCUT2D eigenvalue weighted by Crippen LogP contribution is -2.71. The molecule has 0 spiro atoms. The van der Waals surface area contributed by atoms with Crippen molar-refractivity contribution >= 4 is 47.5 Å². The highest BCUT2D eigenvalue weighted by Crippen LogP contribution is 2.40. The first-order valence-electron chi connectivity index (χ1n) is 12.4. The summed E-state index contributed by atoms with van der Waals surface area (Å²) in [7, 11) is 0. The standard InChI is InChI=1S/C25H25N7O6S/c33-14-27-17-8-9-26-21(28-17)18(30-38-16-6-2-3-7-16)22(34)29-19-23(35)32-20(25(36)37)15(13-39-24(19)32)12-31-10-4-1-5-11-31/h1,4-5,8-11,14,16,19,24H,2-3,6-7,12-13H2,(H2-,26,27,28,29,33,34,36,37)/t19?,24-/m0/s1. The Balaban J connectivity index is 1.36. The lowest BCUT2D eigenvalue weighted by Gasteiger charge is -2.50. The number of carbonyl (C=O) groups excluding carboxylic acids is 4. The van der Waals surface area contributed by atoms with E-state index in [2.05, 4.69) is 25.8 Å². The van der Waals surface area contributed by atoms with Gasteiger partial charge in [0.2, 0.25) is 12.1 Å². The largest absolute Gasteiger partial charge is 0.543 e. The predicted octanol–water partition coefficient (Wildman–Crippen LogP) is -0.900. The van der Waals surface area contributed by atoms with E-state index in [1.165, 1.54) is 24.0 Å². The summed E-state index contributed by atoms with van der Waals surface area (Å²) in [5.41, 5.74) is 0.0889. The van der Waals surface area contributed by atoms with Crippen LogP contribution >= 0.6 is 11.8 Å². The second kappa shape index (κ2) is 11.6. The van der Waals surface area contributed by atoms with Crippen LogP contribution in [0.1, 0.15) is 31.5 Å². The number of hydrogen-bond acceptors (Lipinski definition) is 10. The summed E-state index contributed by atoms with van der Waals surface area (Å²) < 4.78 is 1.81. The lowest BCUT2D eigenvalue weighted by molar-refractivity contribution is -0.689. The van der Waals surface area contributed by atoms with Crippen molar-refractivity contribution in [2.24, 2.45) is 5.16 Å². The van der Waals surface area contributed by atoms with Crippen molar-refractivity contribution in [2.45, 2.75) is 49.7 Å². The van der Waals surface area contributed by atoms with Gasteiger partial charge >= 0.3 is 0 Å². The minimum atomic E-state index is -1.45. The van der Waals surface area contributed by atoms with Gasteiger partial charge in [-0.1, -0.05) is 11.2 Å². The Kier molecular flexibility index (Phi) is 7.81. The number of thioether (sulfide) groups is 1. The van der Waals surface area contributed by atoms with Gasteiger partial charge in [-0.3, -0.25) is 19.3 Å². The summed E-state index contributed by atoms with van der Waals surface area (Å²) >= 11 is 1.34. The first-order chi connectivity index (χ1) is 19.0. The third kappa shape index (κ3) is 5.60. The summed E-state index contributed by atoms with van der Waals surface area (Å²) in [5, 5.41) is 20.5. The molecule has 0 aromatic carbocycles. The number of amides is 3. The summed E-state index contributed by atoms with van der Waals surface area (Å²) in [6, 6.07) is 5.93. The van der Waals surface area contributed by atoms with E-state index in [9.17, 15) is 24.3 Å². The van der Waals surface area contributed by atoms with Gasteiger partial charge < -0.3 is 25.4 Å². The van der Waals surface area contributed by atoms with Crippen molar-refractivity contribution in [1.82, 2.24) is 20.2 Å². The van der Waals surface area contributed by atoms with Crippen LogP contribution in [0.25, 0.3) is 0 Å². The van der Waals surface area contributed by atoms with Crippen molar-refractivity contribution in [1.29, 1.82) is 0 Å². The summed E-state index contributed by atoms with van der Waals surface area (Å²) in [6.07, 6.45) is 8.79. The average Bonchev–Trinajstić information content (AvgIpc) is 3.46. The zero-order valence-corrected chi connectivity index (χ0v) is 21.5. The molecule has 1 saturated heterocycles. The van der Waals surface area contributed by atoms with Crippen LogP contribution in [0.15, 0.2) is 59.3 Å². The Hall–Kier alpha value is -4.33. The highest BCUT2D eigenvalue weighted by atomic mass is 32.2. The molecule has 3 aliphatic rings. The molecular formula is C25H25N7O6S. The monoisotopic (exact) mass is 551 g/mol. The van der Waals surface area contributed by atoms with Crippen molar-refractivity contribution in [3.05, 3.63) is 60.0 Å². The van der Waals surface area contributed by atoms with E-state index < -0.39 is 29.2 Å². The molecule has 13 nitrogen and oxygen atoms in total. The molecule has 4 heterocycles. The Morgan fingerprint density at radius 3 is 2.74 bits per heavy atom. The minimum Gasteiger partial charge on any atom is -0.543 e. The second-order valence-electron chi connectivity index (χ2n) is 9.13. The van der Waals surface area contributed by atoms with Crippen LogP contribution in [0.2, 0.25) is 0 Å². The zero-order valence-electron chi connectivity index (χ0n) is 20.7. The molecule has 2 aromatic heterocycles. The average molecular weight is 552 g/mol. The number of nitrogens with zero attached hydrogens (tertiary/aromatic N) is 5. The van der Waals surface area contributed by atoms with Crippen LogP contribution in [-0.2, 0) is 30.6 Å². The van der Waals surface area contributed by atoms with Gasteiger partial charge in [0.1, 0.15) is 23.3 Å². The third-order valence-electron chi connectivity index (χ3n) is 6.56. The van der Waals surface area contributed by atoms with Gasteiger partial charge in [0.05, 0.1) is 11.7 Å². The maximum atomic E-state index is 13.3. The molecule has 5 rings (SSSR count). The molecular weight excluding hydrogens is 526 g/mol. The molecule has 0 radical (unpaired) electrons. The lowest BCUT2D eigenvalue weighted by atomic mass is 10.0. The molecule has 2 atom stereocenters. The van der Waals surface area contributed by atoms with Crippen LogP contribution in [-0.4, -0.2) is 68.0 Å². The molecule has 0 bridgehead atoms. The summed E-state index contributed by atoms with van der Waals surface area (Å²) in [4.78, 5) is 64.4. The van der Waals surface area contributed by atoms with E-state index in [4.69, 9.17) is 4.84 Å². The zero-order chi connectivity index (χ0) is 27.4. The Labute approximate surface area is 227 Å². The summed E-state index contributed by atoms with van der Waals surface area (Å²) in [5.74, 6) is -2.42. The highest BCUT2D eigenvalue weighted by molar-refractivity contribution is 8.00. The summed E-state index contributed by atoms with van der Waals surface area (Å²) in [6.45, 7) is 0.280. The maximum absolute atomic E-state index is 13.3. The number of β-lactam (4-membered cyclic amide) rings is 1. The molecule has 3 amide bonds. The quantitative estimate of drug-likeness (QED) is 0.125. The minimum absolute atomic E-state index is 0.102. The first kappa shape index (κ1) is 26.3. The molecule has 2 aliphatic heterocycles. The molecule has 1 saturated carbocycles. The van der Waals surface area contributed by atoms with Gasteiger partial charge in [-0.15, -0.1) is 11.8 Å². The number of carboxylic acids is 1. The normalized spacial score (nSPS) is 21.2. The van der Waals surface area contributed by atoms with Crippen LogP contribution < -0.4 is 20.3 Å². The highest BCUT2D eigenvalue weighted by Gasteiger charge is 2.53. The molecule has 2 fully saturated rings. The van der Waals surface area contributed by atoms with E-state index in [1.54, 1.807) is 12.4 Å². The predicted molar refractivity (Wildman–Crippen MR) is 135 cm³/mol. The van der Waals surface area contributed by atoms with Crippen LogP contribution in [0.3, 0.4) is 0 Å². The molecule has 2 N–H and O–H groups in total. The molecule has 39 heavy (non-hydrogen) atoms. The number of aromatic nitrogens is 3. The molecule has 1 unspecified atom stereocenters. The maximum Gasteiger partial charge on any atom is 0.278 e. The van der Waals surface area contributed by atoms with Gasteiger partial charge in [0, 0.05) is 29.7 Å². The van der Waals surface area contributed by atoms with Crippen molar-refractivity contribution in [2.75, 3.05) is 11.1 Å². The van der Waals surface area contributed by atoms with Crippen LogP contribution in [0.4, 0.5) is 5.82 Å². The molecule has 202 valence electrons. The fraction of sp³-hybridized carbons (Fsp3) is 0.360. The Bertz CT molecular complexity index is 1350. The Morgan fingerprint density at radius 2 is 2.03 bits per heavy atom. The third-order valence-corrected chi connectivity index (χ3v) is 7.90. The van der Waals surface area contributed by atoms with E-state index in [-0.39, 0.29) is 35.7 Å². The number of fused-ring (bicyclic) bond motifs is 1. The van der Waals surface area contributed by atoms with E-state index in [0.29, 0.717) is 17.7 Å². The number of hydrogen-bond donors (Lipinski definition) is 2. The van der Waals surface area contributed by atoms with Crippen molar-refractivity contribution in [3.63, 3.8) is 0 Å². The van der Waals surface area contributed by atoms with Gasteiger partial charge in [-0.2, -0.15) is 0 Å².